The molecular formula is C17H9F4N3O2S. The highest BCUT2D eigenvalue weighted by Crippen LogP contribution is 2.37. The van der Waals surface area contributed by atoms with E-state index in [0.29, 0.717) is 0 Å². The van der Waals surface area contributed by atoms with E-state index in [4.69, 9.17) is 0 Å². The lowest BCUT2D eigenvalue weighted by atomic mass is 10.1. The Hall–Kier alpha value is -3.19. The minimum Gasteiger partial charge on any atom is -0.231 e. The number of nitrogens with zero attached hydrogens (tertiary/aromatic N) is 3. The number of aromatic nitrogens is 2. The molecule has 0 bridgehead atoms. The van der Waals surface area contributed by atoms with Crippen LogP contribution >= 0.6 is 0 Å². The fraction of sp³-hybridized carbons (Fsp3) is 0.118. The molecule has 0 aliphatic heterocycles. The molecular weight excluding hydrogens is 386 g/mol. The Bertz CT molecular complexity index is 1140. The molecule has 0 saturated carbocycles. The van der Waals surface area contributed by atoms with E-state index in [9.17, 15) is 31.2 Å². The molecule has 0 N–H and O–H groups in total. The van der Waals surface area contributed by atoms with E-state index in [1.54, 1.807) is 0 Å². The first-order valence-electron chi connectivity index (χ1n) is 7.42. The van der Waals surface area contributed by atoms with Crippen molar-refractivity contribution in [1.29, 1.82) is 5.26 Å². The number of rotatable bonds is 2. The first-order chi connectivity index (χ1) is 12.7. The zero-order valence-electron chi connectivity index (χ0n) is 13.3. The Kier molecular flexibility index (Phi) is 4.72. The number of halogens is 4. The van der Waals surface area contributed by atoms with Gasteiger partial charge in [0.25, 0.3) is 0 Å². The summed E-state index contributed by atoms with van der Waals surface area (Å²) in [6, 6.07) is 6.10. The van der Waals surface area contributed by atoms with Crippen molar-refractivity contribution in [2.75, 3.05) is 0 Å². The summed E-state index contributed by atoms with van der Waals surface area (Å²) in [6.07, 6.45) is -0.998. The molecule has 0 amide bonds. The summed E-state index contributed by atoms with van der Waals surface area (Å²) in [4.78, 5) is 0.0609. The number of benzene rings is 1. The van der Waals surface area contributed by atoms with Gasteiger partial charge in [0.05, 0.1) is 16.3 Å². The molecule has 10 heteroatoms. The van der Waals surface area contributed by atoms with Gasteiger partial charge in [-0.3, -0.25) is 0 Å². The van der Waals surface area contributed by atoms with Gasteiger partial charge in [-0.05, 0) is 36.4 Å². The van der Waals surface area contributed by atoms with Crippen molar-refractivity contribution in [3.8, 4) is 17.3 Å². The molecule has 1 aromatic heterocycles. The van der Waals surface area contributed by atoms with Gasteiger partial charge in [0.1, 0.15) is 17.4 Å². The van der Waals surface area contributed by atoms with Crippen molar-refractivity contribution in [3.63, 3.8) is 0 Å². The van der Waals surface area contributed by atoms with Crippen molar-refractivity contribution in [3.05, 3.63) is 59.6 Å². The lowest BCUT2D eigenvalue weighted by Gasteiger charge is -2.11. The normalized spacial score (nSPS) is 14.0. The molecule has 1 heterocycles. The van der Waals surface area contributed by atoms with E-state index in [0.717, 1.165) is 16.8 Å². The monoisotopic (exact) mass is 395 g/mol. The molecule has 1 aromatic carbocycles. The van der Waals surface area contributed by atoms with Gasteiger partial charge in [-0.25, -0.2) is 9.07 Å². The second-order valence-electron chi connectivity index (χ2n) is 5.47. The average molecular weight is 395 g/mol. The van der Waals surface area contributed by atoms with Crippen LogP contribution in [0.25, 0.3) is 17.0 Å². The lowest BCUT2D eigenvalue weighted by molar-refractivity contribution is -0.141. The fourth-order valence-electron chi connectivity index (χ4n) is 2.58. The predicted octanol–water partition coefficient (Wildman–Crippen LogP) is 3.43. The first kappa shape index (κ1) is 18.6. The van der Waals surface area contributed by atoms with Crippen LogP contribution in [0.4, 0.5) is 17.6 Å². The molecule has 0 unspecified atom stereocenters. The summed E-state index contributed by atoms with van der Waals surface area (Å²) >= 11 is 0. The van der Waals surface area contributed by atoms with Crippen LogP contribution in [0.2, 0.25) is 0 Å². The molecule has 5 nitrogen and oxygen atoms in total. The zero-order chi connectivity index (χ0) is 19.8. The fourth-order valence-corrected chi connectivity index (χ4v) is 2.98. The minimum atomic E-state index is -4.88. The van der Waals surface area contributed by atoms with Crippen molar-refractivity contribution in [2.45, 2.75) is 12.6 Å². The van der Waals surface area contributed by atoms with E-state index in [-0.39, 0.29) is 28.2 Å². The smallest absolute Gasteiger partial charge is 0.231 e. The molecule has 138 valence electrons. The highest BCUT2D eigenvalue weighted by molar-refractivity contribution is 7.73. The highest BCUT2D eigenvalue weighted by atomic mass is 32.2. The summed E-state index contributed by atoms with van der Waals surface area (Å²) in [5, 5.41) is 12.8. The maximum absolute atomic E-state index is 13.3. The van der Waals surface area contributed by atoms with E-state index in [1.165, 1.54) is 36.4 Å². The number of nitriles is 1. The number of hydrogen-bond donors (Lipinski definition) is 0. The van der Waals surface area contributed by atoms with Gasteiger partial charge in [-0.1, -0.05) is 6.08 Å². The third kappa shape index (κ3) is 3.54. The molecule has 0 spiro atoms. The average Bonchev–Trinajstić information content (AvgIpc) is 3.02. The summed E-state index contributed by atoms with van der Waals surface area (Å²) in [5.41, 5.74) is -1.92. The SMILES string of the molecule is N#Cc1c(C(F)(F)F)nn(C2=CCC(=S(=O)=O)C=C2)c1-c1ccc(F)cc1. The lowest BCUT2D eigenvalue weighted by Crippen LogP contribution is -2.10. The van der Waals surface area contributed by atoms with E-state index in [2.05, 4.69) is 5.10 Å². The van der Waals surface area contributed by atoms with Crippen molar-refractivity contribution >= 4 is 20.9 Å². The molecule has 1 aliphatic rings. The Morgan fingerprint density at radius 1 is 1.15 bits per heavy atom. The zero-order valence-corrected chi connectivity index (χ0v) is 14.1. The standard InChI is InChI=1S/C17H9F4N3O2S/c18-11-3-1-10(2-4-11)15-14(9-22)16(17(19,20)21)23-24(15)12-5-7-13(8-6-12)27(25)26/h1-7H,8H2. The molecule has 0 radical (unpaired) electrons. The van der Waals surface area contributed by atoms with E-state index in [1.807, 2.05) is 0 Å². The summed E-state index contributed by atoms with van der Waals surface area (Å²) in [5.74, 6) is -0.590. The molecule has 0 atom stereocenters. The van der Waals surface area contributed by atoms with Gasteiger partial charge in [0, 0.05) is 12.0 Å². The summed E-state index contributed by atoms with van der Waals surface area (Å²) in [6.45, 7) is 0. The van der Waals surface area contributed by atoms with E-state index < -0.39 is 33.5 Å². The van der Waals surface area contributed by atoms with Crippen LogP contribution < -0.4 is 0 Å². The molecule has 0 fully saturated rings. The van der Waals surface area contributed by atoms with Gasteiger partial charge in [0.2, 0.25) is 10.3 Å². The van der Waals surface area contributed by atoms with Gasteiger partial charge in [-0.2, -0.15) is 31.9 Å². The Morgan fingerprint density at radius 2 is 1.81 bits per heavy atom. The summed E-state index contributed by atoms with van der Waals surface area (Å²) < 4.78 is 76.1. The predicted molar refractivity (Wildman–Crippen MR) is 89.3 cm³/mol. The second kappa shape index (κ2) is 6.85. The van der Waals surface area contributed by atoms with Crippen molar-refractivity contribution in [1.82, 2.24) is 9.78 Å². The molecule has 0 saturated heterocycles. The van der Waals surface area contributed by atoms with E-state index >= 15 is 0 Å². The quantitative estimate of drug-likeness (QED) is 0.577. The maximum atomic E-state index is 13.3. The van der Waals surface area contributed by atoms with Crippen LogP contribution in [-0.2, 0) is 16.5 Å². The van der Waals surface area contributed by atoms with Crippen LogP contribution in [0.15, 0.2) is 42.5 Å². The first-order valence-corrected chi connectivity index (χ1v) is 8.50. The van der Waals surface area contributed by atoms with Crippen LogP contribution in [0.5, 0.6) is 0 Å². The minimum absolute atomic E-state index is 0.0338. The second-order valence-corrected chi connectivity index (χ2v) is 6.46. The van der Waals surface area contributed by atoms with Gasteiger partial charge >= 0.3 is 6.18 Å². The van der Waals surface area contributed by atoms with Crippen molar-refractivity contribution < 1.29 is 26.0 Å². The topological polar surface area (TPSA) is 75.8 Å². The Labute approximate surface area is 152 Å². The van der Waals surface area contributed by atoms with Gasteiger partial charge < -0.3 is 0 Å². The van der Waals surface area contributed by atoms with Gasteiger partial charge in [-0.15, -0.1) is 0 Å². The number of hydrogen-bond acceptors (Lipinski definition) is 4. The molecule has 1 aliphatic carbocycles. The summed E-state index contributed by atoms with van der Waals surface area (Å²) in [7, 11) is -2.45. The highest BCUT2D eigenvalue weighted by Gasteiger charge is 2.40. The van der Waals surface area contributed by atoms with Crippen LogP contribution in [0.3, 0.4) is 0 Å². The number of alkyl halides is 3. The molecule has 2 aromatic rings. The molecule has 3 rings (SSSR count). The van der Waals surface area contributed by atoms with Crippen LogP contribution in [0.1, 0.15) is 17.7 Å². The van der Waals surface area contributed by atoms with Crippen LogP contribution in [-0.4, -0.2) is 23.1 Å². The molecule has 27 heavy (non-hydrogen) atoms. The van der Waals surface area contributed by atoms with Crippen molar-refractivity contribution in [2.24, 2.45) is 0 Å². The van der Waals surface area contributed by atoms with Crippen LogP contribution in [0, 0.1) is 17.1 Å². The Morgan fingerprint density at radius 3 is 2.30 bits per heavy atom. The number of allylic oxidation sites excluding steroid dienone is 4. The third-order valence-corrected chi connectivity index (χ3v) is 4.53. The largest absolute Gasteiger partial charge is 0.436 e. The van der Waals surface area contributed by atoms with Gasteiger partial charge in [0.15, 0.2) is 5.69 Å². The third-order valence-electron chi connectivity index (χ3n) is 3.79. The maximum Gasteiger partial charge on any atom is 0.436 e. The Balaban J connectivity index is 2.27.